The Morgan fingerprint density at radius 1 is 1.29 bits per heavy atom. The molecule has 2 rings (SSSR count). The third-order valence-electron chi connectivity index (χ3n) is 2.45. The molecule has 0 aliphatic heterocycles. The molecule has 0 bridgehead atoms. The molecule has 0 fully saturated rings. The molecular weight excluding hydrogens is 250 g/mol. The quantitative estimate of drug-likeness (QED) is 0.713. The summed E-state index contributed by atoms with van der Waals surface area (Å²) in [7, 11) is 0. The smallest absolute Gasteiger partial charge is 0.0998 e. The van der Waals surface area contributed by atoms with Gasteiger partial charge in [-0.05, 0) is 47.7 Å². The Kier molecular flexibility index (Phi) is 3.63. The summed E-state index contributed by atoms with van der Waals surface area (Å²) in [5, 5.41) is 11.9. The van der Waals surface area contributed by atoms with Crippen LogP contribution >= 0.6 is 22.9 Å². The first-order valence-corrected chi connectivity index (χ1v) is 6.38. The zero-order valence-corrected chi connectivity index (χ0v) is 10.8. The molecule has 0 saturated carbocycles. The van der Waals surface area contributed by atoms with Gasteiger partial charge >= 0.3 is 0 Å². The minimum absolute atomic E-state index is 0.659. The Balaban J connectivity index is 2.41. The average molecular weight is 260 g/mol. The van der Waals surface area contributed by atoms with Crippen molar-refractivity contribution in [3.63, 3.8) is 0 Å². The number of nitriles is 1. The van der Waals surface area contributed by atoms with E-state index in [0.717, 1.165) is 10.4 Å². The van der Waals surface area contributed by atoms with Crippen LogP contribution in [-0.2, 0) is 0 Å². The van der Waals surface area contributed by atoms with Crippen LogP contribution in [0.2, 0.25) is 5.02 Å². The predicted molar refractivity (Wildman–Crippen MR) is 74.0 cm³/mol. The van der Waals surface area contributed by atoms with Crippen molar-refractivity contribution in [3.8, 4) is 6.07 Å². The number of nitrogens with zero attached hydrogens (tertiary/aromatic N) is 1. The molecule has 0 saturated heterocycles. The Bertz CT molecular complexity index is 587. The summed E-state index contributed by atoms with van der Waals surface area (Å²) in [5.41, 5.74) is 2.74. The first-order valence-electron chi connectivity index (χ1n) is 5.12. The fourth-order valence-electron chi connectivity index (χ4n) is 1.47. The van der Waals surface area contributed by atoms with Crippen LogP contribution in [0.3, 0.4) is 0 Å². The number of benzene rings is 1. The Morgan fingerprint density at radius 2 is 2.00 bits per heavy atom. The molecule has 2 aromatic rings. The molecule has 0 atom stereocenters. The van der Waals surface area contributed by atoms with Gasteiger partial charge in [0.2, 0.25) is 0 Å². The van der Waals surface area contributed by atoms with Crippen molar-refractivity contribution < 1.29 is 0 Å². The number of hydrogen-bond donors (Lipinski definition) is 0. The van der Waals surface area contributed by atoms with E-state index >= 15 is 0 Å². The third kappa shape index (κ3) is 2.76. The van der Waals surface area contributed by atoms with Gasteiger partial charge in [0.25, 0.3) is 0 Å². The molecule has 0 aliphatic carbocycles. The molecule has 0 radical (unpaired) electrons. The first kappa shape index (κ1) is 11.9. The van der Waals surface area contributed by atoms with Crippen molar-refractivity contribution in [1.82, 2.24) is 0 Å². The molecule has 0 aliphatic rings. The fourth-order valence-corrected chi connectivity index (χ4v) is 2.46. The predicted octanol–water partition coefficient (Wildman–Crippen LogP) is 4.77. The lowest BCUT2D eigenvalue weighted by Gasteiger charge is -1.99. The lowest BCUT2D eigenvalue weighted by atomic mass is 10.1. The number of hydrogen-bond acceptors (Lipinski definition) is 2. The van der Waals surface area contributed by atoms with Gasteiger partial charge in [-0.15, -0.1) is 11.3 Å². The number of thiophene rings is 1. The van der Waals surface area contributed by atoms with E-state index in [1.807, 2.05) is 36.6 Å². The van der Waals surface area contributed by atoms with E-state index < -0.39 is 0 Å². The van der Waals surface area contributed by atoms with Crippen LogP contribution < -0.4 is 0 Å². The van der Waals surface area contributed by atoms with Crippen LogP contribution in [0.5, 0.6) is 0 Å². The van der Waals surface area contributed by atoms with E-state index in [4.69, 9.17) is 11.6 Å². The Labute approximate surface area is 110 Å². The maximum absolute atomic E-state index is 9.19. The topological polar surface area (TPSA) is 23.8 Å². The molecule has 1 aromatic heterocycles. The van der Waals surface area contributed by atoms with Crippen molar-refractivity contribution >= 4 is 34.6 Å². The van der Waals surface area contributed by atoms with E-state index in [9.17, 15) is 5.26 Å². The summed E-state index contributed by atoms with van der Waals surface area (Å²) in [5.74, 6) is 0. The Hall–Kier alpha value is -1.56. The van der Waals surface area contributed by atoms with Crippen molar-refractivity contribution in [3.05, 3.63) is 56.7 Å². The summed E-state index contributed by atoms with van der Waals surface area (Å²) in [4.78, 5) is 1.12. The molecule has 0 spiro atoms. The molecule has 3 heteroatoms. The van der Waals surface area contributed by atoms with Crippen molar-refractivity contribution in [2.24, 2.45) is 0 Å². The summed E-state index contributed by atoms with van der Waals surface area (Å²) in [6.07, 6.45) is 1.92. The van der Waals surface area contributed by atoms with Crippen LogP contribution in [-0.4, -0.2) is 0 Å². The van der Waals surface area contributed by atoms with E-state index in [2.05, 4.69) is 6.07 Å². The van der Waals surface area contributed by atoms with Gasteiger partial charge in [0, 0.05) is 9.90 Å². The summed E-state index contributed by atoms with van der Waals surface area (Å²) in [6.45, 7) is 2.04. The third-order valence-corrected chi connectivity index (χ3v) is 3.67. The normalized spacial score (nSPS) is 11.2. The molecule has 84 valence electrons. The molecule has 1 nitrogen and oxygen atoms in total. The number of rotatable bonds is 2. The van der Waals surface area contributed by atoms with Gasteiger partial charge < -0.3 is 0 Å². The zero-order chi connectivity index (χ0) is 12.3. The molecule has 1 heterocycles. The highest BCUT2D eigenvalue weighted by Gasteiger charge is 2.03. The van der Waals surface area contributed by atoms with E-state index in [1.54, 1.807) is 23.5 Å². The maximum atomic E-state index is 9.19. The van der Waals surface area contributed by atoms with Crippen LogP contribution in [0.15, 0.2) is 35.7 Å². The summed E-state index contributed by atoms with van der Waals surface area (Å²) >= 11 is 7.46. The Morgan fingerprint density at radius 3 is 2.53 bits per heavy atom. The second kappa shape index (κ2) is 5.18. The van der Waals surface area contributed by atoms with Crippen LogP contribution in [0, 0.1) is 18.3 Å². The van der Waals surface area contributed by atoms with Gasteiger partial charge in [-0.3, -0.25) is 0 Å². The molecular formula is C14H10ClNS. The average Bonchev–Trinajstić information content (AvgIpc) is 2.73. The van der Waals surface area contributed by atoms with Crippen molar-refractivity contribution in [2.75, 3.05) is 0 Å². The summed E-state index contributed by atoms with van der Waals surface area (Å²) in [6, 6.07) is 11.6. The standard InChI is InChI=1S/C14H10ClNS/c1-10-6-7-17-14(10)8-12(9-16)11-2-4-13(15)5-3-11/h2-8H,1H3/b12-8+. The van der Waals surface area contributed by atoms with E-state index in [0.29, 0.717) is 10.6 Å². The number of aryl methyl sites for hydroxylation is 1. The van der Waals surface area contributed by atoms with Gasteiger partial charge in [-0.1, -0.05) is 23.7 Å². The van der Waals surface area contributed by atoms with Crippen LogP contribution in [0.1, 0.15) is 16.0 Å². The monoisotopic (exact) mass is 259 g/mol. The van der Waals surface area contributed by atoms with Crippen LogP contribution in [0.25, 0.3) is 11.6 Å². The molecule has 0 unspecified atom stereocenters. The van der Waals surface area contributed by atoms with Gasteiger partial charge in [-0.2, -0.15) is 5.26 Å². The molecule has 0 amide bonds. The van der Waals surface area contributed by atoms with Gasteiger partial charge in [0.1, 0.15) is 0 Å². The fraction of sp³-hybridized carbons (Fsp3) is 0.0714. The molecule has 17 heavy (non-hydrogen) atoms. The number of halogens is 1. The lowest BCUT2D eigenvalue weighted by molar-refractivity contribution is 1.51. The van der Waals surface area contributed by atoms with Gasteiger partial charge in [0.05, 0.1) is 11.6 Å². The van der Waals surface area contributed by atoms with Crippen molar-refractivity contribution in [2.45, 2.75) is 6.92 Å². The SMILES string of the molecule is Cc1ccsc1/C=C(\C#N)c1ccc(Cl)cc1. The summed E-state index contributed by atoms with van der Waals surface area (Å²) < 4.78 is 0. The highest BCUT2D eigenvalue weighted by molar-refractivity contribution is 7.11. The van der Waals surface area contributed by atoms with E-state index in [-0.39, 0.29) is 0 Å². The first-order chi connectivity index (χ1) is 8.20. The largest absolute Gasteiger partial charge is 0.192 e. The molecule has 1 aromatic carbocycles. The van der Waals surface area contributed by atoms with Gasteiger partial charge in [0.15, 0.2) is 0 Å². The van der Waals surface area contributed by atoms with Gasteiger partial charge in [-0.25, -0.2) is 0 Å². The minimum atomic E-state index is 0.659. The second-order valence-electron chi connectivity index (χ2n) is 3.64. The highest BCUT2D eigenvalue weighted by Crippen LogP contribution is 2.24. The van der Waals surface area contributed by atoms with Crippen molar-refractivity contribution in [1.29, 1.82) is 5.26 Å². The van der Waals surface area contributed by atoms with E-state index in [1.165, 1.54) is 5.56 Å². The highest BCUT2D eigenvalue weighted by atomic mass is 35.5. The minimum Gasteiger partial charge on any atom is -0.192 e. The zero-order valence-electron chi connectivity index (χ0n) is 9.27. The van der Waals surface area contributed by atoms with Crippen LogP contribution in [0.4, 0.5) is 0 Å². The maximum Gasteiger partial charge on any atom is 0.0998 e. The second-order valence-corrected chi connectivity index (χ2v) is 5.03. The molecule has 0 N–H and O–H groups in total. The number of allylic oxidation sites excluding steroid dienone is 1. The lowest BCUT2D eigenvalue weighted by Crippen LogP contribution is -1.81.